The Balaban J connectivity index is 1.78. The Kier molecular flexibility index (Phi) is 5.90. The number of carbonyl (C=O) groups excluding carboxylic acids is 2. The van der Waals surface area contributed by atoms with Crippen molar-refractivity contribution in [2.45, 2.75) is 26.0 Å². The zero-order valence-electron chi connectivity index (χ0n) is 15.6. The lowest BCUT2D eigenvalue weighted by molar-refractivity contribution is -0.117. The summed E-state index contributed by atoms with van der Waals surface area (Å²) in [7, 11) is 0. The van der Waals surface area contributed by atoms with E-state index in [1.807, 2.05) is 18.2 Å². The van der Waals surface area contributed by atoms with E-state index < -0.39 is 12.1 Å². The van der Waals surface area contributed by atoms with Crippen LogP contribution in [0.2, 0.25) is 0 Å². The third-order valence-electron chi connectivity index (χ3n) is 4.08. The minimum Gasteiger partial charge on any atom is -0.392 e. The number of rotatable bonds is 6. The highest BCUT2D eigenvalue weighted by molar-refractivity contribution is 6.18. The van der Waals surface area contributed by atoms with Crippen LogP contribution in [0.3, 0.4) is 0 Å². The van der Waals surface area contributed by atoms with Crippen molar-refractivity contribution in [1.82, 2.24) is 5.32 Å². The van der Waals surface area contributed by atoms with Crippen molar-refractivity contribution >= 4 is 28.9 Å². The van der Waals surface area contributed by atoms with Gasteiger partial charge in [-0.25, -0.2) is 0 Å². The zero-order valence-corrected chi connectivity index (χ0v) is 15.6. The minimum atomic E-state index is -0.839. The number of hydrogen-bond acceptors (Lipinski definition) is 6. The van der Waals surface area contributed by atoms with Crippen molar-refractivity contribution in [3.63, 3.8) is 0 Å². The fourth-order valence-electron chi connectivity index (χ4n) is 2.65. The minimum absolute atomic E-state index is 0.128. The van der Waals surface area contributed by atoms with Gasteiger partial charge in [-0.1, -0.05) is 30.3 Å². The van der Waals surface area contributed by atoms with Gasteiger partial charge in [0.25, 0.3) is 11.8 Å². The van der Waals surface area contributed by atoms with Crippen molar-refractivity contribution in [3.05, 3.63) is 60.2 Å². The van der Waals surface area contributed by atoms with E-state index in [9.17, 15) is 14.7 Å². The van der Waals surface area contributed by atoms with Gasteiger partial charge in [0.2, 0.25) is 0 Å². The van der Waals surface area contributed by atoms with Crippen molar-refractivity contribution in [3.8, 4) is 0 Å². The van der Waals surface area contributed by atoms with Gasteiger partial charge >= 0.3 is 0 Å². The molecule has 0 aliphatic carbocycles. The highest BCUT2D eigenvalue weighted by Crippen LogP contribution is 2.24. The van der Waals surface area contributed by atoms with Crippen LogP contribution in [-0.4, -0.2) is 41.3 Å². The number of anilines is 1. The third-order valence-corrected chi connectivity index (χ3v) is 4.08. The van der Waals surface area contributed by atoms with Crippen LogP contribution in [0.5, 0.6) is 0 Å². The van der Waals surface area contributed by atoms with E-state index in [0.717, 1.165) is 0 Å². The molecule has 1 aliphatic heterocycles. The van der Waals surface area contributed by atoms with Gasteiger partial charge in [-0.2, -0.15) is 20.3 Å². The van der Waals surface area contributed by atoms with Gasteiger partial charge in [0.05, 0.1) is 28.8 Å². The molecule has 1 heterocycles. The Bertz CT molecular complexity index is 924. The number of para-hydroxylation sites is 1. The summed E-state index contributed by atoms with van der Waals surface area (Å²) in [6, 6.07) is 14.9. The average molecular weight is 379 g/mol. The first kappa shape index (κ1) is 19.4. The number of nitrogens with zero attached hydrogens (tertiary/aromatic N) is 4. The number of hydrazone groups is 1. The number of benzene rings is 2. The summed E-state index contributed by atoms with van der Waals surface area (Å²) in [5.41, 5.74) is 1.83. The van der Waals surface area contributed by atoms with Gasteiger partial charge in [-0.05, 0) is 38.1 Å². The topological polar surface area (TPSA) is 107 Å². The van der Waals surface area contributed by atoms with Crippen LogP contribution in [0.25, 0.3) is 0 Å². The molecule has 1 aliphatic rings. The first-order valence-electron chi connectivity index (χ1n) is 8.87. The Hall–Kier alpha value is -3.39. The van der Waals surface area contributed by atoms with Crippen LogP contribution in [0, 0.1) is 0 Å². The van der Waals surface area contributed by atoms with Crippen LogP contribution in [-0.2, 0) is 4.79 Å². The number of aliphatic hydroxyl groups excluding tert-OH is 1. The summed E-state index contributed by atoms with van der Waals surface area (Å²) < 4.78 is 0. The molecule has 2 aromatic rings. The summed E-state index contributed by atoms with van der Waals surface area (Å²) in [5, 5.41) is 25.8. The molecule has 8 nitrogen and oxygen atoms in total. The molecule has 0 saturated carbocycles. The van der Waals surface area contributed by atoms with Gasteiger partial charge in [0.15, 0.2) is 6.04 Å². The Morgan fingerprint density at radius 2 is 1.89 bits per heavy atom. The van der Waals surface area contributed by atoms with Crippen molar-refractivity contribution in [1.29, 1.82) is 0 Å². The number of hydrogen-bond donors (Lipinski definition) is 2. The molecule has 2 aromatic carbocycles. The number of carbonyl (C=O) groups is 2. The molecular formula is C20H21N5O3. The molecule has 3 rings (SSSR count). The molecule has 28 heavy (non-hydrogen) atoms. The van der Waals surface area contributed by atoms with E-state index in [1.54, 1.807) is 50.2 Å². The number of amides is 2. The molecule has 0 saturated heterocycles. The maximum Gasteiger partial charge on any atom is 0.280 e. The Labute approximate surface area is 162 Å². The van der Waals surface area contributed by atoms with Gasteiger partial charge in [0, 0.05) is 6.54 Å². The lowest BCUT2D eigenvalue weighted by Crippen LogP contribution is -2.30. The summed E-state index contributed by atoms with van der Waals surface area (Å²) in [5.74, 6) is -0.673. The lowest BCUT2D eigenvalue weighted by Gasteiger charge is -2.12. The van der Waals surface area contributed by atoms with Crippen LogP contribution in [0.4, 0.5) is 11.4 Å². The molecule has 0 aromatic heterocycles. The molecule has 2 N–H and O–H groups in total. The monoisotopic (exact) mass is 379 g/mol. The highest BCUT2D eigenvalue weighted by Gasteiger charge is 2.34. The molecule has 2 amide bonds. The summed E-state index contributed by atoms with van der Waals surface area (Å²) in [4.78, 5) is 25.0. The van der Waals surface area contributed by atoms with Gasteiger partial charge in [-0.3, -0.25) is 9.59 Å². The number of azo groups is 1. The SMILES string of the molecule is CC1=NN(c2ccccc2)C(=O)C1/N=N/c1ccccc1C(=O)NCC(C)O. The molecule has 0 bridgehead atoms. The Morgan fingerprint density at radius 1 is 1.21 bits per heavy atom. The molecule has 0 radical (unpaired) electrons. The molecule has 8 heteroatoms. The van der Waals surface area contributed by atoms with Crippen LogP contribution in [0.15, 0.2) is 69.9 Å². The fourth-order valence-corrected chi connectivity index (χ4v) is 2.65. The van der Waals surface area contributed by atoms with Crippen molar-refractivity contribution in [2.75, 3.05) is 11.6 Å². The summed E-state index contributed by atoms with van der Waals surface area (Å²) >= 11 is 0. The van der Waals surface area contributed by atoms with Crippen LogP contribution in [0.1, 0.15) is 24.2 Å². The zero-order chi connectivity index (χ0) is 20.1. The first-order chi connectivity index (χ1) is 13.5. The molecule has 0 spiro atoms. The predicted octanol–water partition coefficient (Wildman–Crippen LogP) is 2.67. The summed E-state index contributed by atoms with van der Waals surface area (Å²) in [6.07, 6.45) is -0.656. The standard InChI is InChI=1S/C20H21N5O3/c1-13(26)12-21-19(27)16-10-6-7-11-17(16)22-23-18-14(2)24-25(20(18)28)15-8-4-3-5-9-15/h3-11,13,18,26H,12H2,1-2H3,(H,21,27)/b23-22+. The van der Waals surface area contributed by atoms with Crippen LogP contribution >= 0.6 is 0 Å². The second-order valence-corrected chi connectivity index (χ2v) is 6.42. The second-order valence-electron chi connectivity index (χ2n) is 6.42. The fraction of sp³-hybridized carbons (Fsp3) is 0.250. The summed E-state index contributed by atoms with van der Waals surface area (Å²) in [6.45, 7) is 3.42. The van der Waals surface area contributed by atoms with Crippen molar-refractivity contribution in [2.24, 2.45) is 15.3 Å². The maximum atomic E-state index is 12.7. The molecule has 2 atom stereocenters. The number of nitrogens with one attached hydrogen (secondary N) is 1. The maximum absolute atomic E-state index is 12.7. The van der Waals surface area contributed by atoms with Gasteiger partial charge < -0.3 is 10.4 Å². The molecule has 2 unspecified atom stereocenters. The number of aliphatic hydroxyl groups is 1. The molecule has 144 valence electrons. The average Bonchev–Trinajstić information content (AvgIpc) is 2.99. The predicted molar refractivity (Wildman–Crippen MR) is 106 cm³/mol. The van der Waals surface area contributed by atoms with Gasteiger partial charge in [0.1, 0.15) is 0 Å². The van der Waals surface area contributed by atoms with E-state index in [0.29, 0.717) is 22.6 Å². The van der Waals surface area contributed by atoms with Crippen molar-refractivity contribution < 1.29 is 14.7 Å². The molecular weight excluding hydrogens is 358 g/mol. The highest BCUT2D eigenvalue weighted by atomic mass is 16.3. The van der Waals surface area contributed by atoms with E-state index in [4.69, 9.17) is 0 Å². The van der Waals surface area contributed by atoms with Gasteiger partial charge in [-0.15, -0.1) is 0 Å². The normalized spacial score (nSPS) is 17.7. The molecule has 0 fully saturated rings. The quantitative estimate of drug-likeness (QED) is 0.754. The lowest BCUT2D eigenvalue weighted by atomic mass is 10.1. The first-order valence-corrected chi connectivity index (χ1v) is 8.87. The van der Waals surface area contributed by atoms with E-state index in [1.165, 1.54) is 5.01 Å². The van der Waals surface area contributed by atoms with E-state index in [2.05, 4.69) is 20.6 Å². The Morgan fingerprint density at radius 3 is 2.61 bits per heavy atom. The van der Waals surface area contributed by atoms with E-state index >= 15 is 0 Å². The smallest absolute Gasteiger partial charge is 0.280 e. The third kappa shape index (κ3) is 4.29. The van der Waals surface area contributed by atoms with Crippen LogP contribution < -0.4 is 10.3 Å². The van der Waals surface area contributed by atoms with E-state index in [-0.39, 0.29) is 18.4 Å². The largest absolute Gasteiger partial charge is 0.392 e. The second kappa shape index (κ2) is 8.53.